The molecule has 20 heavy (non-hydrogen) atoms. The third kappa shape index (κ3) is 3.36. The van der Waals surface area contributed by atoms with Crippen molar-refractivity contribution < 1.29 is 19.4 Å². The van der Waals surface area contributed by atoms with Gasteiger partial charge in [0.1, 0.15) is 5.75 Å². The number of amides is 2. The summed E-state index contributed by atoms with van der Waals surface area (Å²) in [6.07, 6.45) is 0.565. The lowest BCUT2D eigenvalue weighted by molar-refractivity contribution is -0.140. The summed E-state index contributed by atoms with van der Waals surface area (Å²) >= 11 is 0. The maximum absolute atomic E-state index is 11.5. The number of hydrogen-bond donors (Lipinski definition) is 1. The zero-order chi connectivity index (χ0) is 14.5. The Morgan fingerprint density at radius 1 is 1.20 bits per heavy atom. The minimum Gasteiger partial charge on any atom is -0.494 e. The highest BCUT2D eigenvalue weighted by molar-refractivity contribution is 6.01. The first-order valence-electron chi connectivity index (χ1n) is 6.86. The maximum atomic E-state index is 11.5. The van der Waals surface area contributed by atoms with Crippen molar-refractivity contribution >= 4 is 11.8 Å². The van der Waals surface area contributed by atoms with Crippen molar-refractivity contribution in [1.82, 2.24) is 4.90 Å². The molecule has 0 spiro atoms. The minimum atomic E-state index is -0.860. The smallest absolute Gasteiger partial charge is 0.229 e. The first-order chi connectivity index (χ1) is 9.61. The second-order valence-corrected chi connectivity index (χ2v) is 4.83. The average molecular weight is 277 g/mol. The van der Waals surface area contributed by atoms with Gasteiger partial charge in [0.25, 0.3) is 0 Å². The Balaban J connectivity index is 1.96. The van der Waals surface area contributed by atoms with Crippen molar-refractivity contribution in [2.45, 2.75) is 32.3 Å². The number of carbonyl (C=O) groups excluding carboxylic acids is 2. The predicted octanol–water partition coefficient (Wildman–Crippen LogP) is 1.66. The molecule has 1 aromatic carbocycles. The molecule has 0 radical (unpaired) electrons. The molecule has 2 amide bonds. The highest BCUT2D eigenvalue weighted by atomic mass is 16.5. The van der Waals surface area contributed by atoms with Crippen LogP contribution < -0.4 is 4.74 Å². The van der Waals surface area contributed by atoms with Crippen LogP contribution in [0.4, 0.5) is 0 Å². The van der Waals surface area contributed by atoms with Crippen LogP contribution in [0.2, 0.25) is 0 Å². The van der Waals surface area contributed by atoms with Crippen molar-refractivity contribution in [3.63, 3.8) is 0 Å². The summed E-state index contributed by atoms with van der Waals surface area (Å²) in [5, 5.41) is 10.1. The van der Waals surface area contributed by atoms with E-state index < -0.39 is 6.10 Å². The number of aliphatic hydroxyl groups excluding tert-OH is 1. The summed E-state index contributed by atoms with van der Waals surface area (Å²) < 4.78 is 5.46. The fourth-order valence-corrected chi connectivity index (χ4v) is 2.11. The Morgan fingerprint density at radius 2 is 1.80 bits per heavy atom. The lowest BCUT2D eigenvalue weighted by Gasteiger charge is -2.18. The molecule has 1 atom stereocenters. The summed E-state index contributed by atoms with van der Waals surface area (Å²) in [5.74, 6) is 0.324. The van der Waals surface area contributed by atoms with E-state index in [-0.39, 0.29) is 31.2 Å². The number of β-amino-alcohol motifs (C(OH)–C–C–N with tert-alkyl or cyclic N) is 1. The van der Waals surface area contributed by atoms with Crippen LogP contribution in [0.25, 0.3) is 0 Å². The highest BCUT2D eigenvalue weighted by Crippen LogP contribution is 2.21. The molecular formula is C15H19NO4. The molecule has 1 N–H and O–H groups in total. The van der Waals surface area contributed by atoms with Crippen molar-refractivity contribution in [2.75, 3.05) is 13.2 Å². The monoisotopic (exact) mass is 277 g/mol. The number of ether oxygens (including phenoxy) is 1. The van der Waals surface area contributed by atoms with Gasteiger partial charge in [0.15, 0.2) is 0 Å². The summed E-state index contributed by atoms with van der Waals surface area (Å²) in [6, 6.07) is 7.06. The Kier molecular flexibility index (Phi) is 4.74. The molecule has 1 unspecified atom stereocenters. The molecule has 0 saturated carbocycles. The molecular weight excluding hydrogens is 258 g/mol. The molecule has 0 bridgehead atoms. The first kappa shape index (κ1) is 14.5. The van der Waals surface area contributed by atoms with Crippen LogP contribution in [0.5, 0.6) is 5.75 Å². The van der Waals surface area contributed by atoms with Crippen molar-refractivity contribution in [3.8, 4) is 5.75 Å². The van der Waals surface area contributed by atoms with E-state index >= 15 is 0 Å². The van der Waals surface area contributed by atoms with Crippen molar-refractivity contribution in [1.29, 1.82) is 0 Å². The summed E-state index contributed by atoms with van der Waals surface area (Å²) in [6.45, 7) is 2.70. The van der Waals surface area contributed by atoms with Gasteiger partial charge in [-0.25, -0.2) is 0 Å². The lowest BCUT2D eigenvalue weighted by atomic mass is 10.1. The Hall–Kier alpha value is -1.88. The van der Waals surface area contributed by atoms with Gasteiger partial charge in [-0.05, 0) is 24.1 Å². The van der Waals surface area contributed by atoms with Gasteiger partial charge in [0.05, 0.1) is 19.3 Å². The average Bonchev–Trinajstić information content (AvgIpc) is 2.77. The molecule has 1 fully saturated rings. The van der Waals surface area contributed by atoms with E-state index in [4.69, 9.17) is 4.74 Å². The number of carbonyl (C=O) groups is 2. The minimum absolute atomic E-state index is 0.0207. The standard InChI is InChI=1S/C15H19NO4/c1-2-9-20-12-5-3-11(4-6-12)13(17)10-16-14(18)7-8-15(16)19/h3-6,13,17H,2,7-10H2,1H3. The SMILES string of the molecule is CCCOc1ccc(C(O)CN2C(=O)CCC2=O)cc1. The van der Waals surface area contributed by atoms with Crippen molar-refractivity contribution in [3.05, 3.63) is 29.8 Å². The van der Waals surface area contributed by atoms with Gasteiger partial charge in [-0.2, -0.15) is 0 Å². The van der Waals surface area contributed by atoms with Crippen LogP contribution in [0.1, 0.15) is 37.9 Å². The lowest BCUT2D eigenvalue weighted by Crippen LogP contribution is -2.33. The number of likely N-dealkylation sites (tertiary alicyclic amines) is 1. The van der Waals surface area contributed by atoms with E-state index in [1.165, 1.54) is 0 Å². The third-order valence-corrected chi connectivity index (χ3v) is 3.25. The summed E-state index contributed by atoms with van der Waals surface area (Å²) in [5.41, 5.74) is 0.668. The van der Waals surface area contributed by atoms with Crippen LogP contribution in [0.3, 0.4) is 0 Å². The molecule has 1 heterocycles. The third-order valence-electron chi connectivity index (χ3n) is 3.25. The van der Waals surface area contributed by atoms with Crippen LogP contribution in [0.15, 0.2) is 24.3 Å². The van der Waals surface area contributed by atoms with Gasteiger partial charge in [0, 0.05) is 12.8 Å². The highest BCUT2D eigenvalue weighted by Gasteiger charge is 2.30. The fourth-order valence-electron chi connectivity index (χ4n) is 2.11. The second-order valence-electron chi connectivity index (χ2n) is 4.83. The van der Waals surface area contributed by atoms with Gasteiger partial charge in [-0.15, -0.1) is 0 Å². The number of nitrogens with zero attached hydrogens (tertiary/aromatic N) is 1. The van der Waals surface area contributed by atoms with E-state index in [2.05, 4.69) is 0 Å². The van der Waals surface area contributed by atoms with Gasteiger partial charge in [-0.1, -0.05) is 19.1 Å². The van der Waals surface area contributed by atoms with Gasteiger partial charge in [-0.3, -0.25) is 14.5 Å². The molecule has 1 aliphatic heterocycles. The van der Waals surface area contributed by atoms with E-state index in [9.17, 15) is 14.7 Å². The topological polar surface area (TPSA) is 66.8 Å². The van der Waals surface area contributed by atoms with E-state index in [1.54, 1.807) is 24.3 Å². The molecule has 1 aromatic rings. The fraction of sp³-hybridized carbons (Fsp3) is 0.467. The zero-order valence-electron chi connectivity index (χ0n) is 11.5. The van der Waals surface area contributed by atoms with Crippen LogP contribution in [-0.4, -0.2) is 35.0 Å². The molecule has 5 heteroatoms. The maximum Gasteiger partial charge on any atom is 0.229 e. The second kappa shape index (κ2) is 6.52. The summed E-state index contributed by atoms with van der Waals surface area (Å²) in [7, 11) is 0. The Morgan fingerprint density at radius 3 is 2.35 bits per heavy atom. The number of aliphatic hydroxyl groups is 1. The van der Waals surface area contributed by atoms with E-state index in [0.29, 0.717) is 12.2 Å². The van der Waals surface area contributed by atoms with Crippen LogP contribution >= 0.6 is 0 Å². The predicted molar refractivity (Wildman–Crippen MR) is 73.1 cm³/mol. The Bertz CT molecular complexity index is 467. The molecule has 0 aliphatic carbocycles. The van der Waals surface area contributed by atoms with Crippen LogP contribution in [-0.2, 0) is 9.59 Å². The molecule has 2 rings (SSSR count). The van der Waals surface area contributed by atoms with E-state index in [1.807, 2.05) is 6.92 Å². The molecule has 1 saturated heterocycles. The molecule has 5 nitrogen and oxygen atoms in total. The molecule has 1 aliphatic rings. The summed E-state index contributed by atoms with van der Waals surface area (Å²) in [4.78, 5) is 24.1. The molecule has 108 valence electrons. The van der Waals surface area contributed by atoms with Crippen molar-refractivity contribution in [2.24, 2.45) is 0 Å². The number of rotatable bonds is 6. The largest absolute Gasteiger partial charge is 0.494 e. The molecule has 0 aromatic heterocycles. The van der Waals surface area contributed by atoms with Gasteiger partial charge >= 0.3 is 0 Å². The zero-order valence-corrected chi connectivity index (χ0v) is 11.5. The van der Waals surface area contributed by atoms with E-state index in [0.717, 1.165) is 17.1 Å². The quantitative estimate of drug-likeness (QED) is 0.803. The Labute approximate surface area is 118 Å². The van der Waals surface area contributed by atoms with Gasteiger partial charge in [0.2, 0.25) is 11.8 Å². The number of hydrogen-bond acceptors (Lipinski definition) is 4. The number of benzene rings is 1. The normalized spacial score (nSPS) is 16.6. The first-order valence-corrected chi connectivity index (χ1v) is 6.86. The van der Waals surface area contributed by atoms with Crippen LogP contribution in [0, 0.1) is 0 Å². The van der Waals surface area contributed by atoms with Gasteiger partial charge < -0.3 is 9.84 Å². The number of imide groups is 1.